The van der Waals surface area contributed by atoms with Crippen molar-refractivity contribution < 1.29 is 23.9 Å². The number of hydrogen-bond donors (Lipinski definition) is 1. The number of nitrogens with zero attached hydrogens (tertiary/aromatic N) is 1. The molecule has 1 fully saturated rings. The van der Waals surface area contributed by atoms with E-state index in [4.69, 9.17) is 9.47 Å². The maximum atomic E-state index is 12.4. The Hall–Kier alpha value is -1.79. The largest absolute Gasteiger partial charge is 0.464 e. The van der Waals surface area contributed by atoms with Crippen LogP contribution in [0.3, 0.4) is 0 Å². The Morgan fingerprint density at radius 1 is 1.21 bits per heavy atom. The number of nitrogens with one attached hydrogen (secondary N) is 1. The molecule has 24 heavy (non-hydrogen) atoms. The molecule has 0 aromatic rings. The number of ether oxygens (including phenoxy) is 2. The van der Waals surface area contributed by atoms with Crippen LogP contribution in [0.1, 0.15) is 54.4 Å². The van der Waals surface area contributed by atoms with Gasteiger partial charge in [-0.05, 0) is 46.5 Å². The first-order chi connectivity index (χ1) is 11.0. The molecule has 2 amide bonds. The van der Waals surface area contributed by atoms with Crippen molar-refractivity contribution >= 4 is 18.0 Å². The predicted molar refractivity (Wildman–Crippen MR) is 89.4 cm³/mol. The van der Waals surface area contributed by atoms with Gasteiger partial charge < -0.3 is 14.8 Å². The van der Waals surface area contributed by atoms with E-state index in [-0.39, 0.29) is 11.8 Å². The lowest BCUT2D eigenvalue weighted by molar-refractivity contribution is -0.148. The fourth-order valence-electron chi connectivity index (χ4n) is 2.32. The van der Waals surface area contributed by atoms with Crippen LogP contribution >= 0.6 is 0 Å². The summed E-state index contributed by atoms with van der Waals surface area (Å²) >= 11 is 0. The molecule has 2 atom stereocenters. The molecule has 0 aliphatic carbocycles. The molecular weight excluding hydrogens is 312 g/mol. The molecule has 1 N–H and O–H groups in total. The quantitative estimate of drug-likeness (QED) is 0.773. The molecule has 1 rings (SSSR count). The lowest BCUT2D eigenvalue weighted by Gasteiger charge is -2.28. The Kier molecular flexibility index (Phi) is 7.05. The van der Waals surface area contributed by atoms with Gasteiger partial charge in [0.1, 0.15) is 17.7 Å². The van der Waals surface area contributed by atoms with Gasteiger partial charge in [0.25, 0.3) is 0 Å². The summed E-state index contributed by atoms with van der Waals surface area (Å²) in [5.41, 5.74) is -0.616. The van der Waals surface area contributed by atoms with Crippen molar-refractivity contribution in [1.29, 1.82) is 0 Å². The van der Waals surface area contributed by atoms with Gasteiger partial charge in [-0.3, -0.25) is 9.69 Å². The highest BCUT2D eigenvalue weighted by Crippen LogP contribution is 2.21. The fourth-order valence-corrected chi connectivity index (χ4v) is 2.32. The molecule has 7 nitrogen and oxygen atoms in total. The minimum Gasteiger partial charge on any atom is -0.464 e. The van der Waals surface area contributed by atoms with E-state index in [9.17, 15) is 14.4 Å². The van der Waals surface area contributed by atoms with Gasteiger partial charge >= 0.3 is 12.1 Å². The van der Waals surface area contributed by atoms with Gasteiger partial charge in [-0.15, -0.1) is 0 Å². The van der Waals surface area contributed by atoms with Gasteiger partial charge in [0.15, 0.2) is 0 Å². The van der Waals surface area contributed by atoms with Crippen LogP contribution in [0.4, 0.5) is 4.79 Å². The third-order valence-corrected chi connectivity index (χ3v) is 3.45. The minimum atomic E-state index is -0.752. The Balaban J connectivity index is 2.59. The van der Waals surface area contributed by atoms with Crippen LogP contribution in [-0.4, -0.2) is 53.7 Å². The number of esters is 1. The Morgan fingerprint density at radius 3 is 2.38 bits per heavy atom. The number of carbonyl (C=O) groups excluding carboxylic acids is 3. The first-order valence-electron chi connectivity index (χ1n) is 8.48. The zero-order chi connectivity index (χ0) is 18.5. The number of hydrogen-bond acceptors (Lipinski definition) is 5. The van der Waals surface area contributed by atoms with Crippen molar-refractivity contribution in [3.8, 4) is 0 Å². The minimum absolute atomic E-state index is 0.231. The standard InChI is InChI=1S/C17H30N2O5/c1-11(2)10-23-15(21)12(3)18-14(20)13-8-7-9-19(13)16(22)24-17(4,5)6/h11-13H,7-10H2,1-6H3,(H,18,20)/t12-,13?/m0/s1. The van der Waals surface area contributed by atoms with E-state index >= 15 is 0 Å². The van der Waals surface area contributed by atoms with Gasteiger partial charge in [-0.25, -0.2) is 9.59 Å². The van der Waals surface area contributed by atoms with Crippen molar-refractivity contribution in [1.82, 2.24) is 10.2 Å². The number of carbonyl (C=O) groups is 3. The molecule has 1 aliphatic heterocycles. The zero-order valence-corrected chi connectivity index (χ0v) is 15.5. The summed E-state index contributed by atoms with van der Waals surface area (Å²) in [6, 6.07) is -1.36. The van der Waals surface area contributed by atoms with E-state index in [0.717, 1.165) is 6.42 Å². The first kappa shape index (κ1) is 20.3. The molecule has 0 aromatic heterocycles. The Labute approximate surface area is 144 Å². The third-order valence-electron chi connectivity index (χ3n) is 3.45. The number of likely N-dealkylation sites (tertiary alicyclic amines) is 1. The van der Waals surface area contributed by atoms with Crippen LogP contribution in [0, 0.1) is 5.92 Å². The van der Waals surface area contributed by atoms with Gasteiger partial charge in [0, 0.05) is 6.54 Å². The second-order valence-electron chi connectivity index (χ2n) is 7.59. The third kappa shape index (κ3) is 6.37. The van der Waals surface area contributed by atoms with Gasteiger partial charge in [-0.2, -0.15) is 0 Å². The topological polar surface area (TPSA) is 84.9 Å². The van der Waals surface area contributed by atoms with Crippen LogP contribution in [0.5, 0.6) is 0 Å². The van der Waals surface area contributed by atoms with Crippen LogP contribution in [0.2, 0.25) is 0 Å². The van der Waals surface area contributed by atoms with Crippen molar-refractivity contribution in [2.75, 3.05) is 13.2 Å². The fraction of sp³-hybridized carbons (Fsp3) is 0.824. The molecule has 0 aromatic carbocycles. The van der Waals surface area contributed by atoms with E-state index in [2.05, 4.69) is 5.32 Å². The lowest BCUT2D eigenvalue weighted by Crippen LogP contribution is -2.51. The molecule has 0 bridgehead atoms. The summed E-state index contributed by atoms with van der Waals surface area (Å²) < 4.78 is 10.4. The molecule has 0 saturated carbocycles. The maximum Gasteiger partial charge on any atom is 0.410 e. The SMILES string of the molecule is CC(C)COC(=O)[C@H](C)NC(=O)C1CCCN1C(=O)OC(C)(C)C. The van der Waals surface area contributed by atoms with Gasteiger partial charge in [-0.1, -0.05) is 13.8 Å². The lowest BCUT2D eigenvalue weighted by atomic mass is 10.2. The summed E-state index contributed by atoms with van der Waals surface area (Å²) in [5, 5.41) is 2.63. The van der Waals surface area contributed by atoms with E-state index in [0.29, 0.717) is 19.6 Å². The van der Waals surface area contributed by atoms with Crippen molar-refractivity contribution in [3.05, 3.63) is 0 Å². The molecule has 1 aliphatic rings. The molecule has 0 radical (unpaired) electrons. The van der Waals surface area contributed by atoms with Crippen LogP contribution in [0.25, 0.3) is 0 Å². The normalized spacial score (nSPS) is 19.1. The molecule has 1 unspecified atom stereocenters. The summed E-state index contributed by atoms with van der Waals surface area (Å²) in [6.45, 7) is 11.6. The van der Waals surface area contributed by atoms with E-state index < -0.39 is 29.7 Å². The predicted octanol–water partition coefficient (Wildman–Crippen LogP) is 2.09. The molecule has 1 saturated heterocycles. The molecule has 138 valence electrons. The highest BCUT2D eigenvalue weighted by Gasteiger charge is 2.37. The smallest absolute Gasteiger partial charge is 0.410 e. The molecular formula is C17H30N2O5. The van der Waals surface area contributed by atoms with Crippen molar-refractivity contribution in [2.24, 2.45) is 5.92 Å². The summed E-state index contributed by atoms with van der Waals surface area (Å²) in [6.07, 6.45) is 0.776. The monoisotopic (exact) mass is 342 g/mol. The maximum absolute atomic E-state index is 12.4. The molecule has 7 heteroatoms. The summed E-state index contributed by atoms with van der Waals surface area (Å²) in [4.78, 5) is 37.9. The van der Waals surface area contributed by atoms with Crippen LogP contribution in [0.15, 0.2) is 0 Å². The second-order valence-corrected chi connectivity index (χ2v) is 7.59. The summed E-state index contributed by atoms with van der Waals surface area (Å²) in [5.74, 6) is -0.597. The number of amides is 2. The van der Waals surface area contributed by atoms with Crippen LogP contribution < -0.4 is 5.32 Å². The van der Waals surface area contributed by atoms with Crippen LogP contribution in [-0.2, 0) is 19.1 Å². The van der Waals surface area contributed by atoms with E-state index in [1.807, 2.05) is 13.8 Å². The van der Waals surface area contributed by atoms with Crippen molar-refractivity contribution in [3.63, 3.8) is 0 Å². The highest BCUT2D eigenvalue weighted by molar-refractivity contribution is 5.89. The average Bonchev–Trinajstić information content (AvgIpc) is 2.92. The number of rotatable bonds is 5. The van der Waals surface area contributed by atoms with Gasteiger partial charge in [0.05, 0.1) is 6.61 Å². The zero-order valence-electron chi connectivity index (χ0n) is 15.5. The molecule has 1 heterocycles. The van der Waals surface area contributed by atoms with E-state index in [1.54, 1.807) is 27.7 Å². The van der Waals surface area contributed by atoms with Crippen molar-refractivity contribution in [2.45, 2.75) is 72.1 Å². The molecule has 0 spiro atoms. The second kappa shape index (κ2) is 8.35. The average molecular weight is 342 g/mol. The summed E-state index contributed by atoms with van der Waals surface area (Å²) in [7, 11) is 0. The Bertz CT molecular complexity index is 470. The van der Waals surface area contributed by atoms with E-state index in [1.165, 1.54) is 4.90 Å². The Morgan fingerprint density at radius 2 is 1.83 bits per heavy atom. The van der Waals surface area contributed by atoms with Gasteiger partial charge in [0.2, 0.25) is 5.91 Å². The first-order valence-corrected chi connectivity index (χ1v) is 8.48. The highest BCUT2D eigenvalue weighted by atomic mass is 16.6.